The van der Waals surface area contributed by atoms with E-state index in [0.29, 0.717) is 30.5 Å². The molecular formula is C54H73N13O15. The summed E-state index contributed by atoms with van der Waals surface area (Å²) < 4.78 is 0. The van der Waals surface area contributed by atoms with Crippen molar-refractivity contribution in [1.82, 2.24) is 56.6 Å². The van der Waals surface area contributed by atoms with Crippen molar-refractivity contribution >= 4 is 65.0 Å². The van der Waals surface area contributed by atoms with E-state index in [2.05, 4.69) is 41.9 Å². The van der Waals surface area contributed by atoms with E-state index in [1.807, 2.05) is 30.3 Å². The number of nitrogens with zero attached hydrogens (tertiary/aromatic N) is 4. The lowest BCUT2D eigenvalue weighted by Crippen LogP contribution is -2.61. The number of H-pyrrole nitrogens is 1. The molecule has 10 atom stereocenters. The standard InChI is InChI=1S/C54H73N13O15/c1-29(2)44(64-47(74)36(23-32-25-57-28-58-32)60-48(75)40-11-6-18-65(40)51(78)34(55)21-30-9-4-3-5-10-30)53(80)67-20-8-13-42(67)49(76)61-37(24-43(56)71)46(73)59-35(22-31-14-16-33(70)17-15-31)45(72)62-38(26-68)52(79)66-19-7-12-41(66)50(77)63-39(27-69)54(81)82/h3-5,9-10,14-17,25,28-29,34-42,44,68-70H,6-8,11-13,18-24,26-27,55H2,1-2H3,(H2,56,71)(H,57,58)(H,59,73)(H,60,75)(H,61,76)(H,62,72)(H,63,77)(H,64,74)(H,81,82)/t34-,35-,36-,37-,38-,39-,40-,41-,42-,44-/m0/s1. The smallest absolute Gasteiger partial charge is 0.328 e. The van der Waals surface area contributed by atoms with Crippen LogP contribution in [0.25, 0.3) is 0 Å². The third kappa shape index (κ3) is 16.6. The number of benzene rings is 2. The normalized spacial score (nSPS) is 19.4. The van der Waals surface area contributed by atoms with Gasteiger partial charge in [0.1, 0.15) is 60.1 Å². The Labute approximate surface area is 471 Å². The Kier molecular flexibility index (Phi) is 22.4. The zero-order valence-corrected chi connectivity index (χ0v) is 45.5. The molecule has 3 aromatic rings. The van der Waals surface area contributed by atoms with E-state index < -0.39 is 151 Å². The first-order chi connectivity index (χ1) is 39.1. The number of hydrogen-bond acceptors (Lipinski definition) is 16. The molecule has 28 nitrogen and oxygen atoms in total. The Balaban J connectivity index is 1.14. The third-order valence-corrected chi connectivity index (χ3v) is 14.6. The fourth-order valence-corrected chi connectivity index (χ4v) is 10.3. The van der Waals surface area contributed by atoms with Gasteiger partial charge >= 0.3 is 5.97 Å². The summed E-state index contributed by atoms with van der Waals surface area (Å²) in [5.41, 5.74) is 13.6. The number of aliphatic carboxylic acids is 1. The molecule has 0 bridgehead atoms. The van der Waals surface area contributed by atoms with Gasteiger partial charge in [-0.3, -0.25) is 47.9 Å². The maximum Gasteiger partial charge on any atom is 0.328 e. The van der Waals surface area contributed by atoms with Crippen molar-refractivity contribution in [2.24, 2.45) is 17.4 Å². The number of rotatable bonds is 27. The number of primary amides is 1. The summed E-state index contributed by atoms with van der Waals surface area (Å²) >= 11 is 0. The highest BCUT2D eigenvalue weighted by Gasteiger charge is 2.44. The minimum atomic E-state index is -1.76. The van der Waals surface area contributed by atoms with Crippen molar-refractivity contribution in [1.29, 1.82) is 0 Å². The van der Waals surface area contributed by atoms with E-state index in [-0.39, 0.29) is 63.9 Å². The summed E-state index contributed by atoms with van der Waals surface area (Å²) in [6.45, 7) is 1.66. The van der Waals surface area contributed by atoms with E-state index in [9.17, 15) is 73.2 Å². The van der Waals surface area contributed by atoms with Gasteiger partial charge in [0.2, 0.25) is 59.1 Å². The predicted molar refractivity (Wildman–Crippen MR) is 288 cm³/mol. The van der Waals surface area contributed by atoms with Crippen molar-refractivity contribution < 1.29 is 73.2 Å². The molecule has 3 aliphatic rings. The molecule has 6 rings (SSSR count). The molecule has 3 aliphatic heterocycles. The van der Waals surface area contributed by atoms with Gasteiger partial charge in [-0.1, -0.05) is 56.3 Å². The number of likely N-dealkylation sites (tertiary alicyclic amines) is 3. The van der Waals surface area contributed by atoms with Gasteiger partial charge in [0, 0.05) is 44.4 Å². The van der Waals surface area contributed by atoms with Crippen LogP contribution in [-0.4, -0.2) is 203 Å². The molecule has 0 spiro atoms. The maximum absolute atomic E-state index is 14.6. The van der Waals surface area contributed by atoms with Crippen LogP contribution in [0.4, 0.5) is 0 Å². The quantitative estimate of drug-likeness (QED) is 0.0346. The Morgan fingerprint density at radius 2 is 1.07 bits per heavy atom. The van der Waals surface area contributed by atoms with Gasteiger partial charge in [0.25, 0.3) is 0 Å². The number of carbonyl (C=O) groups is 11. The van der Waals surface area contributed by atoms with Crippen molar-refractivity contribution in [2.45, 2.75) is 138 Å². The molecule has 0 radical (unpaired) electrons. The molecule has 28 heteroatoms. The van der Waals surface area contributed by atoms with Gasteiger partial charge in [0.15, 0.2) is 0 Å². The second-order valence-electron chi connectivity index (χ2n) is 20.9. The van der Waals surface area contributed by atoms with Gasteiger partial charge in [0.05, 0.1) is 32.0 Å². The first kappa shape index (κ1) is 62.7. The second kappa shape index (κ2) is 29.3. The number of nitrogens with one attached hydrogen (secondary N) is 7. The van der Waals surface area contributed by atoms with Gasteiger partial charge in [-0.2, -0.15) is 0 Å². The first-order valence-electron chi connectivity index (χ1n) is 27.1. The van der Waals surface area contributed by atoms with Crippen molar-refractivity contribution in [3.63, 3.8) is 0 Å². The van der Waals surface area contributed by atoms with Crippen LogP contribution in [0.1, 0.15) is 75.6 Å². The summed E-state index contributed by atoms with van der Waals surface area (Å²) in [5, 5.41) is 54.1. The average molecular weight is 1140 g/mol. The number of aromatic hydroxyl groups is 1. The Hall–Kier alpha value is -8.50. The molecule has 15 N–H and O–H groups in total. The topological polar surface area (TPSA) is 431 Å². The van der Waals surface area contributed by atoms with E-state index in [1.54, 1.807) is 13.8 Å². The number of phenols is 1. The van der Waals surface area contributed by atoms with Gasteiger partial charge in [-0.25, -0.2) is 9.78 Å². The van der Waals surface area contributed by atoms with E-state index in [4.69, 9.17) is 11.5 Å². The van der Waals surface area contributed by atoms with Crippen LogP contribution in [0.3, 0.4) is 0 Å². The van der Waals surface area contributed by atoms with Crippen LogP contribution >= 0.6 is 0 Å². The molecule has 10 amide bonds. The SMILES string of the molecule is CC(C)[C@H](NC(=O)[C@H](Cc1cnc[nH]1)NC(=O)[C@@H]1CCCN1C(=O)[C@@H](N)Cc1ccccc1)C(=O)N1CCC[C@H]1C(=O)N[C@@H](CC(N)=O)C(=O)N[C@@H](Cc1ccc(O)cc1)C(=O)N[C@@H](CO)C(=O)N1CCC[C@H]1C(=O)N[C@@H](CO)C(=O)O. The van der Waals surface area contributed by atoms with E-state index in [0.717, 1.165) is 10.5 Å². The summed E-state index contributed by atoms with van der Waals surface area (Å²) in [5.74, 6) is -10.7. The highest BCUT2D eigenvalue weighted by atomic mass is 16.4. The number of carbonyl (C=O) groups excluding carboxylic acids is 10. The molecule has 0 unspecified atom stereocenters. The van der Waals surface area contributed by atoms with E-state index >= 15 is 0 Å². The summed E-state index contributed by atoms with van der Waals surface area (Å²) in [6.07, 6.45) is 3.44. The monoisotopic (exact) mass is 1140 g/mol. The van der Waals surface area contributed by atoms with Crippen molar-refractivity contribution in [3.05, 3.63) is 83.9 Å². The van der Waals surface area contributed by atoms with Crippen LogP contribution in [0, 0.1) is 5.92 Å². The number of aromatic nitrogens is 2. The predicted octanol–water partition coefficient (Wildman–Crippen LogP) is -4.05. The largest absolute Gasteiger partial charge is 0.508 e. The van der Waals surface area contributed by atoms with E-state index in [1.165, 1.54) is 46.6 Å². The zero-order valence-electron chi connectivity index (χ0n) is 45.5. The van der Waals surface area contributed by atoms with Gasteiger partial charge in [-0.05, 0) is 74.1 Å². The molecule has 2 aromatic carbocycles. The van der Waals surface area contributed by atoms with Crippen LogP contribution in [-0.2, 0) is 72.0 Å². The number of nitrogens with two attached hydrogens (primary N) is 2. The zero-order chi connectivity index (χ0) is 59.8. The molecule has 1 aromatic heterocycles. The molecule has 82 heavy (non-hydrogen) atoms. The van der Waals surface area contributed by atoms with Crippen molar-refractivity contribution in [2.75, 3.05) is 32.8 Å². The fraction of sp³-hybridized carbons (Fsp3) is 0.519. The maximum atomic E-state index is 14.6. The fourth-order valence-electron chi connectivity index (χ4n) is 10.3. The number of imidazole rings is 1. The first-order valence-corrected chi connectivity index (χ1v) is 27.1. The number of aromatic amines is 1. The number of aliphatic hydroxyl groups is 2. The average Bonchev–Trinajstić information content (AvgIpc) is 4.37. The molecular weight excluding hydrogens is 1070 g/mol. The van der Waals surface area contributed by atoms with Gasteiger partial charge in [-0.15, -0.1) is 0 Å². The molecule has 3 saturated heterocycles. The minimum Gasteiger partial charge on any atom is -0.508 e. The molecule has 4 heterocycles. The molecule has 444 valence electrons. The van der Waals surface area contributed by atoms with Crippen LogP contribution < -0.4 is 43.4 Å². The summed E-state index contributed by atoms with van der Waals surface area (Å²) in [4.78, 5) is 161. The number of amides is 10. The lowest BCUT2D eigenvalue weighted by atomic mass is 10.0. The second-order valence-corrected chi connectivity index (χ2v) is 20.9. The number of hydrogen-bond donors (Lipinski definition) is 13. The summed E-state index contributed by atoms with van der Waals surface area (Å²) in [6, 6.07) is 0.963. The number of phenolic OH excluding ortho intramolecular Hbond substituents is 1. The Morgan fingerprint density at radius 1 is 0.598 bits per heavy atom. The van der Waals surface area contributed by atoms with Crippen molar-refractivity contribution in [3.8, 4) is 5.75 Å². The Bertz CT molecular complexity index is 2770. The van der Waals surface area contributed by atoms with Gasteiger partial charge < -0.3 is 83.5 Å². The number of carboxylic acids is 1. The third-order valence-electron chi connectivity index (χ3n) is 14.6. The Morgan fingerprint density at radius 3 is 1.59 bits per heavy atom. The van der Waals surface area contributed by atoms with Crippen LogP contribution in [0.5, 0.6) is 5.75 Å². The lowest BCUT2D eigenvalue weighted by Gasteiger charge is -2.32. The highest BCUT2D eigenvalue weighted by Crippen LogP contribution is 2.24. The molecule has 3 fully saturated rings. The minimum absolute atomic E-state index is 0.0244. The lowest BCUT2D eigenvalue weighted by molar-refractivity contribution is -0.146. The summed E-state index contributed by atoms with van der Waals surface area (Å²) in [7, 11) is 0. The van der Waals surface area contributed by atoms with Crippen LogP contribution in [0.15, 0.2) is 67.1 Å². The van der Waals surface area contributed by atoms with Crippen LogP contribution in [0.2, 0.25) is 0 Å². The molecule has 0 saturated carbocycles. The molecule has 0 aliphatic carbocycles. The number of aliphatic hydroxyl groups excluding tert-OH is 2. The number of carboxylic acid groups (broad SMARTS) is 1. The highest BCUT2D eigenvalue weighted by molar-refractivity contribution is 6.00.